The number of aromatic hydroxyl groups is 1. The molecule has 0 heterocycles. The van der Waals surface area contributed by atoms with Crippen LogP contribution in [0.2, 0.25) is 10.0 Å². The average molecular weight is 369 g/mol. The van der Waals surface area contributed by atoms with Gasteiger partial charge in [-0.3, -0.25) is 9.59 Å². The summed E-state index contributed by atoms with van der Waals surface area (Å²) in [4.78, 5) is 24.0. The van der Waals surface area contributed by atoms with E-state index in [1.807, 2.05) is 0 Å². The predicted molar refractivity (Wildman–Crippen MR) is 93.1 cm³/mol. The maximum Gasteiger partial charge on any atom is 0.314 e. The number of hydrogen-bond acceptors (Lipinski definition) is 4. The summed E-state index contributed by atoms with van der Waals surface area (Å²) in [7, 11) is 1.42. The summed E-state index contributed by atoms with van der Waals surface area (Å²) in [5.74, 6) is -1.80. The van der Waals surface area contributed by atoms with Crippen molar-refractivity contribution in [3.8, 4) is 11.5 Å². The highest BCUT2D eigenvalue weighted by Gasteiger charge is 2.18. The van der Waals surface area contributed by atoms with Gasteiger partial charge < -0.3 is 20.5 Å². The highest BCUT2D eigenvalue weighted by molar-refractivity contribution is 6.44. The molecule has 8 heteroatoms. The van der Waals surface area contributed by atoms with Gasteiger partial charge >= 0.3 is 11.8 Å². The third-order valence-electron chi connectivity index (χ3n) is 3.14. The second kappa shape index (κ2) is 7.42. The number of amides is 2. The molecule has 0 saturated heterocycles. The topological polar surface area (TPSA) is 87.7 Å². The van der Waals surface area contributed by atoms with Crippen LogP contribution >= 0.6 is 23.2 Å². The lowest BCUT2D eigenvalue weighted by molar-refractivity contribution is -0.133. The van der Waals surface area contributed by atoms with Crippen LogP contribution in [0.5, 0.6) is 11.5 Å². The van der Waals surface area contributed by atoms with Gasteiger partial charge in [0.25, 0.3) is 0 Å². The van der Waals surface area contributed by atoms with Crippen LogP contribution in [0.25, 0.3) is 0 Å². The van der Waals surface area contributed by atoms with Gasteiger partial charge in [-0.15, -0.1) is 0 Å². The molecule has 0 saturated carbocycles. The van der Waals surface area contributed by atoms with Crippen LogP contribution in [-0.2, 0) is 9.59 Å². The molecule has 126 valence electrons. The zero-order valence-electron chi connectivity index (χ0n) is 12.8. The number of rotatable bonds is 3. The molecule has 0 bridgehead atoms. The van der Waals surface area contributed by atoms with Gasteiger partial charge in [0, 0.05) is 16.1 Å². The smallest absolute Gasteiger partial charge is 0.314 e. The molecule has 3 N–H and O–H groups in total. The number of nitrogens with one attached hydrogen (secondary N) is 2. The molecule has 2 amide bonds. The Kier molecular flexibility index (Phi) is 5.54. The van der Waals surface area contributed by atoms with Crippen molar-refractivity contribution in [1.29, 1.82) is 0 Å². The van der Waals surface area contributed by atoms with Crippen molar-refractivity contribution in [2.24, 2.45) is 0 Å². The SMILES string of the molecule is COc1cc(Cl)c(C)cc1NC(=O)C(=O)Nc1cc(Cl)ccc1O. The molecule has 0 aliphatic carbocycles. The quantitative estimate of drug-likeness (QED) is 0.570. The van der Waals surface area contributed by atoms with Crippen molar-refractivity contribution < 1.29 is 19.4 Å². The van der Waals surface area contributed by atoms with Crippen LogP contribution in [0.4, 0.5) is 11.4 Å². The van der Waals surface area contributed by atoms with Crippen LogP contribution in [0.3, 0.4) is 0 Å². The fraction of sp³-hybridized carbons (Fsp3) is 0.125. The highest BCUT2D eigenvalue weighted by atomic mass is 35.5. The molecule has 2 aromatic rings. The van der Waals surface area contributed by atoms with E-state index in [0.29, 0.717) is 27.0 Å². The second-order valence-electron chi connectivity index (χ2n) is 4.87. The summed E-state index contributed by atoms with van der Waals surface area (Å²) in [5, 5.41) is 15.2. The third kappa shape index (κ3) is 4.10. The number of hydrogen-bond donors (Lipinski definition) is 3. The van der Waals surface area contributed by atoms with E-state index >= 15 is 0 Å². The van der Waals surface area contributed by atoms with E-state index < -0.39 is 11.8 Å². The normalized spacial score (nSPS) is 10.2. The van der Waals surface area contributed by atoms with Crippen molar-refractivity contribution in [2.45, 2.75) is 6.92 Å². The molecule has 0 aliphatic heterocycles. The molecule has 0 aromatic heterocycles. The van der Waals surface area contributed by atoms with Crippen LogP contribution < -0.4 is 15.4 Å². The Morgan fingerprint density at radius 1 is 1.04 bits per heavy atom. The molecule has 0 fully saturated rings. The number of benzene rings is 2. The molecule has 24 heavy (non-hydrogen) atoms. The Balaban J connectivity index is 2.16. The molecule has 0 radical (unpaired) electrons. The van der Waals surface area contributed by atoms with E-state index in [1.54, 1.807) is 13.0 Å². The first kappa shape index (κ1) is 17.9. The summed E-state index contributed by atoms with van der Waals surface area (Å²) in [5.41, 5.74) is 1.04. The largest absolute Gasteiger partial charge is 0.506 e. The number of halogens is 2. The Morgan fingerprint density at radius 3 is 2.29 bits per heavy atom. The molecule has 6 nitrogen and oxygen atoms in total. The van der Waals surface area contributed by atoms with Crippen molar-refractivity contribution in [1.82, 2.24) is 0 Å². The maximum atomic E-state index is 12.1. The molecule has 2 rings (SSSR count). The van der Waals surface area contributed by atoms with Crippen molar-refractivity contribution in [3.63, 3.8) is 0 Å². The average Bonchev–Trinajstić information content (AvgIpc) is 2.54. The molecule has 2 aromatic carbocycles. The fourth-order valence-electron chi connectivity index (χ4n) is 1.90. The summed E-state index contributed by atoms with van der Waals surface area (Å²) in [6.07, 6.45) is 0. The predicted octanol–water partition coefficient (Wildman–Crippen LogP) is 3.59. The fourth-order valence-corrected chi connectivity index (χ4v) is 2.22. The zero-order valence-corrected chi connectivity index (χ0v) is 14.3. The number of carbonyl (C=O) groups excluding carboxylic acids is 2. The van der Waals surface area contributed by atoms with E-state index in [9.17, 15) is 14.7 Å². The number of aryl methyl sites for hydroxylation is 1. The third-order valence-corrected chi connectivity index (χ3v) is 3.78. The van der Waals surface area contributed by atoms with Gasteiger partial charge in [-0.25, -0.2) is 0 Å². The van der Waals surface area contributed by atoms with E-state index in [2.05, 4.69) is 10.6 Å². The van der Waals surface area contributed by atoms with Gasteiger partial charge in [-0.1, -0.05) is 23.2 Å². The summed E-state index contributed by atoms with van der Waals surface area (Å²) in [6.45, 7) is 1.75. The number of phenols is 1. The molecular formula is C16H14Cl2N2O4. The Morgan fingerprint density at radius 2 is 1.67 bits per heavy atom. The first-order valence-corrected chi connectivity index (χ1v) is 7.52. The first-order chi connectivity index (χ1) is 11.3. The number of carbonyl (C=O) groups is 2. The van der Waals surface area contributed by atoms with Crippen molar-refractivity contribution in [3.05, 3.63) is 45.9 Å². The Bertz CT molecular complexity index is 809. The lowest BCUT2D eigenvalue weighted by Crippen LogP contribution is -2.29. The lowest BCUT2D eigenvalue weighted by atomic mass is 10.2. The monoisotopic (exact) mass is 368 g/mol. The van der Waals surface area contributed by atoms with Gasteiger partial charge in [0.1, 0.15) is 11.5 Å². The minimum Gasteiger partial charge on any atom is -0.506 e. The van der Waals surface area contributed by atoms with Crippen LogP contribution in [0, 0.1) is 6.92 Å². The lowest BCUT2D eigenvalue weighted by Gasteiger charge is -2.12. The standard InChI is InChI=1S/C16H14Cl2N2O4/c1-8-5-12(14(24-2)7-10(8)18)20-16(23)15(22)19-11-6-9(17)3-4-13(11)21/h3-7,21H,1-2H3,(H,19,22)(H,20,23). The van der Waals surface area contributed by atoms with Crippen molar-refractivity contribution in [2.75, 3.05) is 17.7 Å². The van der Waals surface area contributed by atoms with Gasteiger partial charge in [0.15, 0.2) is 0 Å². The molecule has 0 spiro atoms. The first-order valence-electron chi connectivity index (χ1n) is 6.76. The highest BCUT2D eigenvalue weighted by Crippen LogP contribution is 2.31. The number of methoxy groups -OCH3 is 1. The number of phenolic OH excluding ortho intramolecular Hbond substituents is 1. The van der Waals surface area contributed by atoms with E-state index in [-0.39, 0.29) is 11.4 Å². The van der Waals surface area contributed by atoms with Gasteiger partial charge in [0.2, 0.25) is 0 Å². The molecule has 0 aliphatic rings. The summed E-state index contributed by atoms with van der Waals surface area (Å²) in [6, 6.07) is 7.21. The van der Waals surface area contributed by atoms with Gasteiger partial charge in [0.05, 0.1) is 18.5 Å². The minimum atomic E-state index is -0.970. The zero-order chi connectivity index (χ0) is 17.9. The maximum absolute atomic E-state index is 12.1. The van der Waals surface area contributed by atoms with E-state index in [4.69, 9.17) is 27.9 Å². The molecule has 0 unspecified atom stereocenters. The number of anilines is 2. The Hall–Kier alpha value is -2.44. The minimum absolute atomic E-state index is 0.0295. The van der Waals surface area contributed by atoms with Gasteiger partial charge in [-0.05, 0) is 36.8 Å². The van der Waals surface area contributed by atoms with Gasteiger partial charge in [-0.2, -0.15) is 0 Å². The second-order valence-corrected chi connectivity index (χ2v) is 5.72. The van der Waals surface area contributed by atoms with Crippen molar-refractivity contribution >= 4 is 46.4 Å². The molecule has 0 atom stereocenters. The van der Waals surface area contributed by atoms with E-state index in [0.717, 1.165) is 0 Å². The van der Waals surface area contributed by atoms with Crippen LogP contribution in [0.15, 0.2) is 30.3 Å². The number of ether oxygens (including phenoxy) is 1. The molecular weight excluding hydrogens is 355 g/mol. The summed E-state index contributed by atoms with van der Waals surface area (Å²) >= 11 is 11.8. The Labute approximate surface area is 148 Å². The van der Waals surface area contributed by atoms with Crippen LogP contribution in [0.1, 0.15) is 5.56 Å². The van der Waals surface area contributed by atoms with E-state index in [1.165, 1.54) is 31.4 Å². The van der Waals surface area contributed by atoms with Crippen LogP contribution in [-0.4, -0.2) is 24.0 Å². The summed E-state index contributed by atoms with van der Waals surface area (Å²) < 4.78 is 5.13.